The Labute approximate surface area is 128 Å². The molecule has 0 aliphatic rings. The van der Waals surface area contributed by atoms with Crippen molar-refractivity contribution in [1.29, 1.82) is 0 Å². The lowest BCUT2D eigenvalue weighted by atomic mass is 9.96. The average molecular weight is 293 g/mol. The smallest absolute Gasteiger partial charge is 0.253 e. The first-order valence-electron chi connectivity index (χ1n) is 6.70. The number of hydrogen-bond donors (Lipinski definition) is 0. The van der Waals surface area contributed by atoms with E-state index < -0.39 is 5.24 Å². The molecule has 1 nitrogen and oxygen atoms in total. The Morgan fingerprint density at radius 1 is 0.667 bits per heavy atom. The molecule has 0 N–H and O–H groups in total. The Morgan fingerprint density at radius 2 is 1.29 bits per heavy atom. The molecule has 3 aromatic rings. The van der Waals surface area contributed by atoms with E-state index in [4.69, 9.17) is 11.6 Å². The van der Waals surface area contributed by atoms with Crippen LogP contribution in [0, 0.1) is 0 Å². The molecule has 0 fully saturated rings. The Balaban J connectivity index is 2.11. The third kappa shape index (κ3) is 2.88. The average Bonchev–Trinajstić information content (AvgIpc) is 2.56. The van der Waals surface area contributed by atoms with Crippen LogP contribution < -0.4 is 0 Å². The van der Waals surface area contributed by atoms with E-state index in [-0.39, 0.29) is 0 Å². The van der Waals surface area contributed by atoms with Gasteiger partial charge in [0.2, 0.25) is 0 Å². The normalized spacial score (nSPS) is 10.3. The van der Waals surface area contributed by atoms with Gasteiger partial charge in [-0.2, -0.15) is 0 Å². The van der Waals surface area contributed by atoms with E-state index >= 15 is 0 Å². The molecule has 0 heterocycles. The van der Waals surface area contributed by atoms with Gasteiger partial charge in [-0.25, -0.2) is 0 Å². The Kier molecular flexibility index (Phi) is 3.85. The lowest BCUT2D eigenvalue weighted by Crippen LogP contribution is -1.93. The van der Waals surface area contributed by atoms with Gasteiger partial charge in [-0.05, 0) is 46.0 Å². The van der Waals surface area contributed by atoms with Gasteiger partial charge in [0.25, 0.3) is 5.24 Å². The number of carbonyl (C=O) groups is 1. The van der Waals surface area contributed by atoms with Gasteiger partial charge in [0.1, 0.15) is 0 Å². The summed E-state index contributed by atoms with van der Waals surface area (Å²) >= 11 is 5.68. The molecular weight excluding hydrogens is 280 g/mol. The highest BCUT2D eigenvalue weighted by atomic mass is 35.5. The first-order chi connectivity index (χ1) is 10.3. The fraction of sp³-hybridized carbons (Fsp3) is 0. The molecule has 0 unspecified atom stereocenters. The topological polar surface area (TPSA) is 17.1 Å². The number of hydrogen-bond acceptors (Lipinski definition) is 1. The third-order valence-corrected chi connectivity index (χ3v) is 3.62. The molecule has 3 rings (SSSR count). The summed E-state index contributed by atoms with van der Waals surface area (Å²) in [5.74, 6) is 0. The fourth-order valence-electron chi connectivity index (χ4n) is 2.40. The van der Waals surface area contributed by atoms with Gasteiger partial charge in [-0.3, -0.25) is 4.79 Å². The summed E-state index contributed by atoms with van der Waals surface area (Å²) in [6.45, 7) is 0. The minimum atomic E-state index is -0.435. The number of rotatable bonds is 3. The minimum absolute atomic E-state index is 0.435. The molecule has 0 amide bonds. The Bertz CT molecular complexity index is 778. The van der Waals surface area contributed by atoms with E-state index in [1.165, 1.54) is 0 Å². The molecular formula is C19H13ClO. The Morgan fingerprint density at radius 3 is 2.05 bits per heavy atom. The number of benzene rings is 3. The molecule has 0 aliphatic carbocycles. The van der Waals surface area contributed by atoms with Crippen LogP contribution in [0.3, 0.4) is 0 Å². The van der Waals surface area contributed by atoms with E-state index in [0.717, 1.165) is 22.3 Å². The molecule has 0 spiro atoms. The highest BCUT2D eigenvalue weighted by Crippen LogP contribution is 2.29. The lowest BCUT2D eigenvalue weighted by Gasteiger charge is -2.08. The highest BCUT2D eigenvalue weighted by Gasteiger charge is 2.10. The molecule has 0 bridgehead atoms. The third-order valence-electron chi connectivity index (χ3n) is 3.42. The zero-order valence-electron chi connectivity index (χ0n) is 11.3. The van der Waals surface area contributed by atoms with Crippen LogP contribution in [0.5, 0.6) is 0 Å². The van der Waals surface area contributed by atoms with Crippen LogP contribution in [-0.2, 0) is 0 Å². The Hall–Kier alpha value is -2.38. The molecule has 0 saturated carbocycles. The maximum atomic E-state index is 11.6. The summed E-state index contributed by atoms with van der Waals surface area (Å²) in [5, 5.41) is -0.435. The van der Waals surface area contributed by atoms with Gasteiger partial charge in [0, 0.05) is 5.56 Å². The maximum absolute atomic E-state index is 11.6. The second kappa shape index (κ2) is 5.94. The minimum Gasteiger partial charge on any atom is -0.276 e. The predicted octanol–water partition coefficient (Wildman–Crippen LogP) is 5.40. The summed E-state index contributed by atoms with van der Waals surface area (Å²) in [7, 11) is 0. The monoisotopic (exact) mass is 292 g/mol. The van der Waals surface area contributed by atoms with Gasteiger partial charge in [-0.15, -0.1) is 0 Å². The van der Waals surface area contributed by atoms with Crippen molar-refractivity contribution in [2.24, 2.45) is 0 Å². The SMILES string of the molecule is O=C(Cl)c1ccccc1-c1cccc(-c2ccccc2)c1. The highest BCUT2D eigenvalue weighted by molar-refractivity contribution is 6.68. The molecule has 2 heteroatoms. The van der Waals surface area contributed by atoms with Gasteiger partial charge in [0.15, 0.2) is 0 Å². The van der Waals surface area contributed by atoms with Crippen molar-refractivity contribution in [2.75, 3.05) is 0 Å². The largest absolute Gasteiger partial charge is 0.276 e. The van der Waals surface area contributed by atoms with Gasteiger partial charge in [-0.1, -0.05) is 66.7 Å². The molecule has 0 saturated heterocycles. The summed E-state index contributed by atoms with van der Waals surface area (Å²) in [6.07, 6.45) is 0. The van der Waals surface area contributed by atoms with Gasteiger partial charge in [0.05, 0.1) is 0 Å². The van der Waals surface area contributed by atoms with Crippen molar-refractivity contribution in [3.05, 3.63) is 84.4 Å². The van der Waals surface area contributed by atoms with Crippen molar-refractivity contribution in [3.63, 3.8) is 0 Å². The number of carbonyl (C=O) groups excluding carboxylic acids is 1. The molecule has 0 atom stereocenters. The quantitative estimate of drug-likeness (QED) is 0.591. The van der Waals surface area contributed by atoms with E-state index in [0.29, 0.717) is 5.56 Å². The van der Waals surface area contributed by atoms with Gasteiger partial charge >= 0.3 is 0 Å². The molecule has 102 valence electrons. The lowest BCUT2D eigenvalue weighted by molar-refractivity contribution is 0.108. The van der Waals surface area contributed by atoms with E-state index in [2.05, 4.69) is 24.3 Å². The first-order valence-corrected chi connectivity index (χ1v) is 7.08. The van der Waals surface area contributed by atoms with Crippen molar-refractivity contribution in [3.8, 4) is 22.3 Å². The van der Waals surface area contributed by atoms with Crippen LogP contribution in [-0.4, -0.2) is 5.24 Å². The molecule has 0 aliphatic heterocycles. The second-order valence-electron chi connectivity index (χ2n) is 4.77. The molecule has 3 aromatic carbocycles. The predicted molar refractivity (Wildman–Crippen MR) is 87.5 cm³/mol. The zero-order valence-corrected chi connectivity index (χ0v) is 12.0. The van der Waals surface area contributed by atoms with Crippen molar-refractivity contribution in [1.82, 2.24) is 0 Å². The maximum Gasteiger partial charge on any atom is 0.253 e. The zero-order chi connectivity index (χ0) is 14.7. The first kappa shape index (κ1) is 13.6. The van der Waals surface area contributed by atoms with E-state index in [9.17, 15) is 4.79 Å². The summed E-state index contributed by atoms with van der Waals surface area (Å²) in [5.41, 5.74) is 4.64. The van der Waals surface area contributed by atoms with Crippen molar-refractivity contribution < 1.29 is 4.79 Å². The summed E-state index contributed by atoms with van der Waals surface area (Å²) in [6, 6.07) is 25.7. The van der Waals surface area contributed by atoms with Crippen molar-refractivity contribution >= 4 is 16.8 Å². The van der Waals surface area contributed by atoms with Crippen molar-refractivity contribution in [2.45, 2.75) is 0 Å². The summed E-state index contributed by atoms with van der Waals surface area (Å²) in [4.78, 5) is 11.6. The molecule has 0 radical (unpaired) electrons. The molecule has 0 aromatic heterocycles. The standard InChI is InChI=1S/C19H13ClO/c20-19(21)18-12-5-4-11-17(18)16-10-6-9-15(13-16)14-7-2-1-3-8-14/h1-13H. The van der Waals surface area contributed by atoms with E-state index in [1.54, 1.807) is 6.07 Å². The molecule has 21 heavy (non-hydrogen) atoms. The second-order valence-corrected chi connectivity index (χ2v) is 5.11. The fourth-order valence-corrected chi connectivity index (χ4v) is 2.57. The number of halogens is 1. The van der Waals surface area contributed by atoms with Crippen LogP contribution in [0.2, 0.25) is 0 Å². The van der Waals surface area contributed by atoms with Crippen LogP contribution in [0.15, 0.2) is 78.9 Å². The van der Waals surface area contributed by atoms with Crippen LogP contribution in [0.1, 0.15) is 10.4 Å². The van der Waals surface area contributed by atoms with Crippen LogP contribution >= 0.6 is 11.6 Å². The summed E-state index contributed by atoms with van der Waals surface area (Å²) < 4.78 is 0. The van der Waals surface area contributed by atoms with E-state index in [1.807, 2.05) is 48.5 Å². The van der Waals surface area contributed by atoms with Crippen LogP contribution in [0.4, 0.5) is 0 Å². The van der Waals surface area contributed by atoms with Gasteiger partial charge < -0.3 is 0 Å². The van der Waals surface area contributed by atoms with Crippen LogP contribution in [0.25, 0.3) is 22.3 Å².